The van der Waals surface area contributed by atoms with Crippen LogP contribution in [0.3, 0.4) is 0 Å². The summed E-state index contributed by atoms with van der Waals surface area (Å²) in [4.78, 5) is 2.12. The number of aliphatic hydroxyl groups is 1. The molecule has 0 amide bonds. The highest BCUT2D eigenvalue weighted by Crippen LogP contribution is 2.21. The molecule has 2 aromatic rings. The first-order valence-corrected chi connectivity index (χ1v) is 10.6. The predicted molar refractivity (Wildman–Crippen MR) is 112 cm³/mol. The summed E-state index contributed by atoms with van der Waals surface area (Å²) in [5.74, 6) is 1.61. The standard InChI is InChI=1S/C23H34N2O4/c1-17-23(18(2)29-24-17)16-28-22-11-9-19(10-12-22)13-25(3)14-20(26)15-27-21-7-5-4-6-8-21/h9-12,20-21,26H,4-8,13-16H2,1-3H3/t20-/m0/s1. The fraction of sp³-hybridized carbons (Fsp3) is 0.609. The first-order valence-electron chi connectivity index (χ1n) is 10.6. The van der Waals surface area contributed by atoms with Gasteiger partial charge >= 0.3 is 0 Å². The molecule has 1 atom stereocenters. The summed E-state index contributed by atoms with van der Waals surface area (Å²) in [5, 5.41) is 14.2. The summed E-state index contributed by atoms with van der Waals surface area (Å²) in [7, 11) is 2.02. The van der Waals surface area contributed by atoms with Gasteiger partial charge in [-0.05, 0) is 51.4 Å². The van der Waals surface area contributed by atoms with E-state index in [2.05, 4.69) is 22.2 Å². The van der Waals surface area contributed by atoms with Crippen LogP contribution in [0, 0.1) is 13.8 Å². The molecule has 160 valence electrons. The van der Waals surface area contributed by atoms with E-state index in [9.17, 15) is 5.11 Å². The molecular weight excluding hydrogens is 368 g/mol. The van der Waals surface area contributed by atoms with E-state index in [0.29, 0.717) is 25.9 Å². The molecule has 1 aliphatic carbocycles. The van der Waals surface area contributed by atoms with E-state index >= 15 is 0 Å². The van der Waals surface area contributed by atoms with E-state index in [-0.39, 0.29) is 0 Å². The zero-order valence-corrected chi connectivity index (χ0v) is 17.9. The van der Waals surface area contributed by atoms with Gasteiger partial charge in [0.15, 0.2) is 0 Å². The zero-order valence-electron chi connectivity index (χ0n) is 17.9. The van der Waals surface area contributed by atoms with E-state index in [1.54, 1.807) is 0 Å². The zero-order chi connectivity index (χ0) is 20.6. The van der Waals surface area contributed by atoms with Crippen molar-refractivity contribution in [3.05, 3.63) is 46.8 Å². The van der Waals surface area contributed by atoms with Gasteiger partial charge in [0, 0.05) is 13.1 Å². The number of nitrogens with zero attached hydrogens (tertiary/aromatic N) is 2. The van der Waals surface area contributed by atoms with Crippen molar-refractivity contribution in [2.45, 2.75) is 71.3 Å². The molecule has 0 aliphatic heterocycles. The Morgan fingerprint density at radius 3 is 2.55 bits per heavy atom. The predicted octanol–water partition coefficient (Wildman–Crippen LogP) is 4.01. The van der Waals surface area contributed by atoms with Crippen molar-refractivity contribution >= 4 is 0 Å². The highest BCUT2D eigenvalue weighted by molar-refractivity contribution is 5.28. The van der Waals surface area contributed by atoms with Gasteiger partial charge in [-0.3, -0.25) is 4.90 Å². The number of aliphatic hydroxyl groups excluding tert-OH is 1. The fourth-order valence-corrected chi connectivity index (χ4v) is 3.82. The van der Waals surface area contributed by atoms with Gasteiger partial charge in [-0.25, -0.2) is 0 Å². The molecule has 1 fully saturated rings. The van der Waals surface area contributed by atoms with Crippen LogP contribution in [-0.2, 0) is 17.9 Å². The Hall–Kier alpha value is -1.89. The first-order chi connectivity index (χ1) is 14.0. The fourth-order valence-electron chi connectivity index (χ4n) is 3.82. The van der Waals surface area contributed by atoms with E-state index in [4.69, 9.17) is 14.0 Å². The Labute approximate surface area is 173 Å². The number of ether oxygens (including phenoxy) is 2. The Bertz CT molecular complexity index is 718. The maximum absolute atomic E-state index is 10.3. The maximum Gasteiger partial charge on any atom is 0.140 e. The van der Waals surface area contributed by atoms with Crippen molar-refractivity contribution in [2.75, 3.05) is 20.2 Å². The van der Waals surface area contributed by atoms with Crippen LogP contribution in [0.1, 0.15) is 54.7 Å². The van der Waals surface area contributed by atoms with E-state index < -0.39 is 6.10 Å². The molecule has 0 spiro atoms. The largest absolute Gasteiger partial charge is 0.489 e. The lowest BCUT2D eigenvalue weighted by atomic mass is 9.98. The van der Waals surface area contributed by atoms with E-state index in [0.717, 1.165) is 42.2 Å². The molecule has 29 heavy (non-hydrogen) atoms. The van der Waals surface area contributed by atoms with E-state index in [1.165, 1.54) is 24.8 Å². The molecule has 1 aliphatic rings. The Morgan fingerprint density at radius 2 is 1.90 bits per heavy atom. The number of benzene rings is 1. The second kappa shape index (κ2) is 10.8. The van der Waals surface area contributed by atoms with Crippen molar-refractivity contribution in [1.82, 2.24) is 10.1 Å². The topological polar surface area (TPSA) is 68.0 Å². The van der Waals surface area contributed by atoms with Crippen LogP contribution >= 0.6 is 0 Å². The maximum atomic E-state index is 10.3. The van der Waals surface area contributed by atoms with Gasteiger partial charge in [0.1, 0.15) is 18.1 Å². The van der Waals surface area contributed by atoms with Crippen LogP contribution in [0.4, 0.5) is 0 Å². The first kappa shape index (κ1) is 21.8. The van der Waals surface area contributed by atoms with Crippen LogP contribution in [0.5, 0.6) is 5.75 Å². The summed E-state index contributed by atoms with van der Waals surface area (Å²) < 4.78 is 16.9. The van der Waals surface area contributed by atoms with Gasteiger partial charge in [-0.15, -0.1) is 0 Å². The molecule has 0 unspecified atom stereocenters. The molecular formula is C23H34N2O4. The van der Waals surface area contributed by atoms with Gasteiger partial charge in [0.25, 0.3) is 0 Å². The van der Waals surface area contributed by atoms with E-state index in [1.807, 2.05) is 33.0 Å². The van der Waals surface area contributed by atoms with Gasteiger partial charge in [-0.2, -0.15) is 0 Å². The van der Waals surface area contributed by atoms with Crippen LogP contribution in [0.2, 0.25) is 0 Å². The molecule has 6 heteroatoms. The van der Waals surface area contributed by atoms with Crippen LogP contribution in [0.15, 0.2) is 28.8 Å². The number of likely N-dealkylation sites (N-methyl/N-ethyl adjacent to an activating group) is 1. The monoisotopic (exact) mass is 402 g/mol. The third-order valence-electron chi connectivity index (χ3n) is 5.54. The highest BCUT2D eigenvalue weighted by atomic mass is 16.5. The van der Waals surface area contributed by atoms with Crippen LogP contribution in [-0.4, -0.2) is 47.6 Å². The number of hydrogen-bond acceptors (Lipinski definition) is 6. The minimum Gasteiger partial charge on any atom is -0.489 e. The van der Waals surface area contributed by atoms with Gasteiger partial charge in [0.2, 0.25) is 0 Å². The van der Waals surface area contributed by atoms with Crippen LogP contribution in [0.25, 0.3) is 0 Å². The van der Waals surface area contributed by atoms with Crippen molar-refractivity contribution in [1.29, 1.82) is 0 Å². The number of aryl methyl sites for hydroxylation is 2. The quantitative estimate of drug-likeness (QED) is 0.648. The number of aromatic nitrogens is 1. The Morgan fingerprint density at radius 1 is 1.17 bits per heavy atom. The lowest BCUT2D eigenvalue weighted by molar-refractivity contribution is -0.0319. The lowest BCUT2D eigenvalue weighted by Gasteiger charge is -2.25. The number of hydrogen-bond donors (Lipinski definition) is 1. The molecule has 1 N–H and O–H groups in total. The average Bonchev–Trinajstić information content (AvgIpc) is 3.04. The lowest BCUT2D eigenvalue weighted by Crippen LogP contribution is -2.33. The van der Waals surface area contributed by atoms with Crippen molar-refractivity contribution in [3.63, 3.8) is 0 Å². The highest BCUT2D eigenvalue weighted by Gasteiger charge is 2.16. The molecule has 1 heterocycles. The van der Waals surface area contributed by atoms with Crippen LogP contribution < -0.4 is 4.74 Å². The minimum absolute atomic E-state index is 0.335. The average molecular weight is 403 g/mol. The molecule has 0 bridgehead atoms. The van der Waals surface area contributed by atoms with Crippen molar-refractivity contribution < 1.29 is 19.1 Å². The Balaban J connectivity index is 1.39. The SMILES string of the molecule is Cc1noc(C)c1COc1ccc(CN(C)C[C@H](O)COC2CCCCC2)cc1. The van der Waals surface area contributed by atoms with Gasteiger partial charge < -0.3 is 19.1 Å². The third-order valence-corrected chi connectivity index (χ3v) is 5.54. The van der Waals surface area contributed by atoms with Crippen molar-refractivity contribution in [2.24, 2.45) is 0 Å². The molecule has 6 nitrogen and oxygen atoms in total. The summed E-state index contributed by atoms with van der Waals surface area (Å²) in [6.07, 6.45) is 5.95. The normalized spacial score (nSPS) is 16.3. The molecule has 0 radical (unpaired) electrons. The molecule has 3 rings (SSSR count). The second-order valence-electron chi connectivity index (χ2n) is 8.18. The molecule has 1 saturated carbocycles. The summed E-state index contributed by atoms with van der Waals surface area (Å²) in [6.45, 7) is 6.05. The summed E-state index contributed by atoms with van der Waals surface area (Å²) >= 11 is 0. The van der Waals surface area contributed by atoms with Gasteiger partial charge in [-0.1, -0.05) is 36.6 Å². The summed E-state index contributed by atoms with van der Waals surface area (Å²) in [6, 6.07) is 8.07. The second-order valence-corrected chi connectivity index (χ2v) is 8.18. The van der Waals surface area contributed by atoms with Crippen molar-refractivity contribution in [3.8, 4) is 5.75 Å². The smallest absolute Gasteiger partial charge is 0.140 e. The molecule has 1 aromatic carbocycles. The Kier molecular flexibility index (Phi) is 8.09. The molecule has 0 saturated heterocycles. The molecule has 1 aromatic heterocycles. The summed E-state index contributed by atoms with van der Waals surface area (Å²) in [5.41, 5.74) is 3.04. The third kappa shape index (κ3) is 6.84. The minimum atomic E-state index is -0.459. The van der Waals surface area contributed by atoms with Gasteiger partial charge in [0.05, 0.1) is 30.1 Å². The number of rotatable bonds is 10.